The number of hydrogen-bond acceptors (Lipinski definition) is 4. The Morgan fingerprint density at radius 1 is 1.16 bits per heavy atom. The third-order valence-corrected chi connectivity index (χ3v) is 4.65. The highest BCUT2D eigenvalue weighted by Gasteiger charge is 2.29. The minimum Gasteiger partial charge on any atom is -0.486 e. The fourth-order valence-corrected chi connectivity index (χ4v) is 3.42. The van der Waals surface area contributed by atoms with Crippen LogP contribution in [-0.4, -0.2) is 35.7 Å². The zero-order valence-electron chi connectivity index (χ0n) is 14.0. The van der Waals surface area contributed by atoms with E-state index >= 15 is 0 Å². The lowest BCUT2D eigenvalue weighted by Crippen LogP contribution is -2.39. The van der Waals surface area contributed by atoms with E-state index in [0.29, 0.717) is 19.8 Å². The van der Waals surface area contributed by atoms with Crippen LogP contribution in [0.4, 0.5) is 4.79 Å². The number of carbonyl (C=O) groups is 1. The molecule has 1 aromatic heterocycles. The largest absolute Gasteiger partial charge is 0.486 e. The van der Waals surface area contributed by atoms with Gasteiger partial charge in [-0.2, -0.15) is 0 Å². The highest BCUT2D eigenvalue weighted by atomic mass is 16.6. The third kappa shape index (κ3) is 3.38. The number of nitrogens with one attached hydrogen (secondary N) is 1. The summed E-state index contributed by atoms with van der Waals surface area (Å²) in [6, 6.07) is 9.84. The van der Waals surface area contributed by atoms with Gasteiger partial charge in [-0.15, -0.1) is 0 Å². The van der Waals surface area contributed by atoms with Crippen LogP contribution in [0.15, 0.2) is 42.7 Å². The summed E-state index contributed by atoms with van der Waals surface area (Å²) in [5.74, 6) is 1.51. The van der Waals surface area contributed by atoms with Crippen molar-refractivity contribution in [2.75, 3.05) is 19.8 Å². The van der Waals surface area contributed by atoms with Gasteiger partial charge in [0.1, 0.15) is 13.2 Å². The first-order chi connectivity index (χ1) is 12.3. The molecule has 130 valence electrons. The van der Waals surface area contributed by atoms with Gasteiger partial charge in [-0.05, 0) is 48.2 Å². The number of rotatable bonds is 3. The molecule has 1 N–H and O–H groups in total. The van der Waals surface area contributed by atoms with Crippen molar-refractivity contribution in [1.29, 1.82) is 0 Å². The molecule has 0 radical (unpaired) electrons. The normalized spacial score (nSPS) is 18.9. The van der Waals surface area contributed by atoms with Crippen molar-refractivity contribution in [3.63, 3.8) is 0 Å². The van der Waals surface area contributed by atoms with Crippen molar-refractivity contribution in [1.82, 2.24) is 15.2 Å². The molecule has 1 unspecified atom stereocenters. The van der Waals surface area contributed by atoms with Gasteiger partial charge in [0.25, 0.3) is 0 Å². The van der Waals surface area contributed by atoms with E-state index in [4.69, 9.17) is 9.47 Å². The van der Waals surface area contributed by atoms with E-state index in [1.54, 1.807) is 12.4 Å². The number of benzene rings is 1. The van der Waals surface area contributed by atoms with Crippen molar-refractivity contribution >= 4 is 6.03 Å². The second-order valence-electron chi connectivity index (χ2n) is 6.27. The lowest BCUT2D eigenvalue weighted by atomic mass is 10.1. The van der Waals surface area contributed by atoms with Crippen LogP contribution in [0.5, 0.6) is 11.5 Å². The summed E-state index contributed by atoms with van der Waals surface area (Å²) in [6.45, 7) is 2.38. The lowest BCUT2D eigenvalue weighted by molar-refractivity contribution is 0.171. The number of pyridine rings is 1. The van der Waals surface area contributed by atoms with E-state index in [-0.39, 0.29) is 12.1 Å². The first kappa shape index (κ1) is 15.7. The van der Waals surface area contributed by atoms with Crippen LogP contribution in [0.3, 0.4) is 0 Å². The highest BCUT2D eigenvalue weighted by molar-refractivity contribution is 5.75. The van der Waals surface area contributed by atoms with E-state index in [1.165, 1.54) is 0 Å². The van der Waals surface area contributed by atoms with Gasteiger partial charge in [0, 0.05) is 25.5 Å². The van der Waals surface area contributed by atoms with Crippen molar-refractivity contribution in [3.8, 4) is 11.5 Å². The highest BCUT2D eigenvalue weighted by Crippen LogP contribution is 2.32. The maximum atomic E-state index is 12.6. The van der Waals surface area contributed by atoms with Gasteiger partial charge >= 0.3 is 6.03 Å². The second-order valence-corrected chi connectivity index (χ2v) is 6.27. The van der Waals surface area contributed by atoms with Gasteiger partial charge in [0.2, 0.25) is 0 Å². The average Bonchev–Trinajstić information content (AvgIpc) is 3.16. The molecule has 0 spiro atoms. The van der Waals surface area contributed by atoms with Crippen molar-refractivity contribution < 1.29 is 14.3 Å². The zero-order valence-corrected chi connectivity index (χ0v) is 14.0. The van der Waals surface area contributed by atoms with Crippen LogP contribution in [0, 0.1) is 0 Å². The Morgan fingerprint density at radius 3 is 2.80 bits per heavy atom. The number of amides is 2. The SMILES string of the molecule is O=C(NCc1ccc2c(c1)OCCO2)N1CCCC1c1ccncc1. The molecule has 1 atom stereocenters. The van der Waals surface area contributed by atoms with E-state index in [2.05, 4.69) is 10.3 Å². The summed E-state index contributed by atoms with van der Waals surface area (Å²) < 4.78 is 11.1. The summed E-state index contributed by atoms with van der Waals surface area (Å²) in [5.41, 5.74) is 2.14. The van der Waals surface area contributed by atoms with Crippen molar-refractivity contribution in [2.45, 2.75) is 25.4 Å². The fourth-order valence-electron chi connectivity index (χ4n) is 3.42. The van der Waals surface area contributed by atoms with Crippen LogP contribution >= 0.6 is 0 Å². The van der Waals surface area contributed by atoms with Gasteiger partial charge in [-0.1, -0.05) is 6.07 Å². The Balaban J connectivity index is 1.40. The molecule has 25 heavy (non-hydrogen) atoms. The molecule has 2 aliphatic rings. The van der Waals surface area contributed by atoms with E-state index in [9.17, 15) is 4.79 Å². The van der Waals surface area contributed by atoms with Crippen molar-refractivity contribution in [3.05, 3.63) is 53.9 Å². The van der Waals surface area contributed by atoms with Gasteiger partial charge < -0.3 is 19.7 Å². The fraction of sp³-hybridized carbons (Fsp3) is 0.368. The summed E-state index contributed by atoms with van der Waals surface area (Å²) in [7, 11) is 0. The predicted molar refractivity (Wildman–Crippen MR) is 92.6 cm³/mol. The summed E-state index contributed by atoms with van der Waals surface area (Å²) >= 11 is 0. The van der Waals surface area contributed by atoms with Crippen molar-refractivity contribution in [2.24, 2.45) is 0 Å². The van der Waals surface area contributed by atoms with Gasteiger partial charge in [-0.25, -0.2) is 4.79 Å². The molecule has 0 saturated carbocycles. The summed E-state index contributed by atoms with van der Waals surface area (Å²) in [5, 5.41) is 3.02. The minimum absolute atomic E-state index is 0.0331. The number of fused-ring (bicyclic) bond motifs is 1. The topological polar surface area (TPSA) is 63.7 Å². The smallest absolute Gasteiger partial charge is 0.318 e. The Labute approximate surface area is 146 Å². The molecular formula is C19H21N3O3. The lowest BCUT2D eigenvalue weighted by Gasteiger charge is -2.25. The van der Waals surface area contributed by atoms with Gasteiger partial charge in [0.15, 0.2) is 11.5 Å². The summed E-state index contributed by atoms with van der Waals surface area (Å²) in [4.78, 5) is 18.6. The first-order valence-electron chi connectivity index (χ1n) is 8.64. The monoisotopic (exact) mass is 339 g/mol. The van der Waals surface area contributed by atoms with E-state index < -0.39 is 0 Å². The molecule has 3 heterocycles. The molecule has 2 aliphatic heterocycles. The molecule has 6 heteroatoms. The molecule has 4 rings (SSSR count). The summed E-state index contributed by atoms with van der Waals surface area (Å²) in [6.07, 6.45) is 5.56. The molecule has 0 aliphatic carbocycles. The Morgan fingerprint density at radius 2 is 1.96 bits per heavy atom. The Hall–Kier alpha value is -2.76. The number of urea groups is 1. The number of likely N-dealkylation sites (tertiary alicyclic amines) is 1. The molecule has 1 aromatic carbocycles. The average molecular weight is 339 g/mol. The standard InChI is InChI=1S/C19H21N3O3/c23-19(22-9-1-2-16(22)15-5-7-20-8-6-15)21-13-14-3-4-17-18(12-14)25-11-10-24-17/h3-8,12,16H,1-2,9-11,13H2,(H,21,23). The number of carbonyl (C=O) groups excluding carboxylic acids is 1. The number of nitrogens with zero attached hydrogens (tertiary/aromatic N) is 2. The van der Waals surface area contributed by atoms with Crippen LogP contribution in [0.2, 0.25) is 0 Å². The van der Waals surface area contributed by atoms with E-state index in [0.717, 1.165) is 42.0 Å². The number of hydrogen-bond donors (Lipinski definition) is 1. The molecule has 1 fully saturated rings. The molecule has 0 bridgehead atoms. The predicted octanol–water partition coefficient (Wildman–Crippen LogP) is 2.90. The van der Waals surface area contributed by atoms with Crippen LogP contribution in [0.1, 0.15) is 30.0 Å². The maximum Gasteiger partial charge on any atom is 0.318 e. The molecule has 2 aromatic rings. The van der Waals surface area contributed by atoms with Gasteiger partial charge in [-0.3, -0.25) is 4.98 Å². The third-order valence-electron chi connectivity index (χ3n) is 4.65. The Kier molecular flexibility index (Phi) is 4.41. The second kappa shape index (κ2) is 7.01. The molecule has 6 nitrogen and oxygen atoms in total. The maximum absolute atomic E-state index is 12.6. The Bertz CT molecular complexity index is 751. The quantitative estimate of drug-likeness (QED) is 0.934. The van der Waals surface area contributed by atoms with Crippen LogP contribution < -0.4 is 14.8 Å². The number of aromatic nitrogens is 1. The van der Waals surface area contributed by atoms with Gasteiger partial charge in [0.05, 0.1) is 6.04 Å². The van der Waals surface area contributed by atoms with E-state index in [1.807, 2.05) is 35.2 Å². The van der Waals surface area contributed by atoms with Crippen LogP contribution in [0.25, 0.3) is 0 Å². The zero-order chi connectivity index (χ0) is 17.1. The minimum atomic E-state index is -0.0331. The number of ether oxygens (including phenoxy) is 2. The molecule has 2 amide bonds. The molecular weight excluding hydrogens is 318 g/mol. The molecule has 1 saturated heterocycles. The first-order valence-corrected chi connectivity index (χ1v) is 8.64. The van der Waals surface area contributed by atoms with Crippen LogP contribution in [-0.2, 0) is 6.54 Å².